The number of halogens is 1. The molecule has 0 amide bonds. The molecule has 13 heavy (non-hydrogen) atoms. The average molecular weight is 183 g/mol. The van der Waals surface area contributed by atoms with Crippen LogP contribution >= 0.6 is 0 Å². The number of nitrogen functional groups attached to an aromatic ring is 1. The first-order chi connectivity index (χ1) is 6.24. The van der Waals surface area contributed by atoms with Crippen LogP contribution in [0.2, 0.25) is 0 Å². The van der Waals surface area contributed by atoms with Crippen molar-refractivity contribution >= 4 is 11.0 Å². The van der Waals surface area contributed by atoms with Crippen molar-refractivity contribution < 1.29 is 4.39 Å². The van der Waals surface area contributed by atoms with Gasteiger partial charge in [-0.25, -0.2) is 19.9 Å². The Bertz CT molecular complexity index is 501. The lowest BCUT2D eigenvalue weighted by molar-refractivity contribution is 0.632. The molecule has 68 valence electrons. The van der Waals surface area contributed by atoms with Crippen LogP contribution in [0.5, 0.6) is 0 Å². The van der Waals surface area contributed by atoms with Gasteiger partial charge in [-0.1, -0.05) is 0 Å². The lowest BCUT2D eigenvalue weighted by atomic mass is 10.4. The normalized spacial score (nSPS) is 10.6. The molecule has 0 aromatic carbocycles. The molecular weight excluding hydrogens is 177 g/mol. The predicted octanol–water partition coefficient (Wildman–Crippen LogP) is -0.719. The Hall–Kier alpha value is -1.89. The lowest BCUT2D eigenvalue weighted by Gasteiger charge is -1.98. The Balaban J connectivity index is 2.96. The van der Waals surface area contributed by atoms with Gasteiger partial charge in [0.15, 0.2) is 11.5 Å². The number of nitrogens with zero attached hydrogens (tertiary/aromatic N) is 2. The van der Waals surface area contributed by atoms with E-state index in [1.54, 1.807) is 0 Å². The highest BCUT2D eigenvalue weighted by atomic mass is 19.1. The van der Waals surface area contributed by atoms with Gasteiger partial charge in [-0.2, -0.15) is 0 Å². The van der Waals surface area contributed by atoms with Gasteiger partial charge in [0.25, 0.3) is 5.56 Å². The van der Waals surface area contributed by atoms with Crippen LogP contribution in [0.25, 0.3) is 11.0 Å². The molecule has 7 heteroatoms. The monoisotopic (exact) mass is 183 g/mol. The fourth-order valence-corrected chi connectivity index (χ4v) is 1.13. The van der Waals surface area contributed by atoms with Crippen LogP contribution in [0.15, 0.2) is 17.3 Å². The number of hydrogen-bond acceptors (Lipinski definition) is 4. The van der Waals surface area contributed by atoms with Crippen molar-refractivity contribution in [3.63, 3.8) is 0 Å². The third kappa shape index (κ3) is 0.975. The second kappa shape index (κ2) is 2.56. The lowest BCUT2D eigenvalue weighted by Crippen LogP contribution is -2.21. The second-order valence-corrected chi connectivity index (χ2v) is 2.41. The minimum atomic E-state index is -0.665. The van der Waals surface area contributed by atoms with Gasteiger partial charge in [-0.3, -0.25) is 10.3 Å². The van der Waals surface area contributed by atoms with Crippen LogP contribution in [0.4, 0.5) is 4.39 Å². The van der Waals surface area contributed by atoms with E-state index in [0.29, 0.717) is 0 Å². The zero-order chi connectivity index (χ0) is 9.42. The highest BCUT2D eigenvalue weighted by Crippen LogP contribution is 2.10. The SMILES string of the molecule is NNn1cc(F)c2c(=O)[nH]cnc21. The van der Waals surface area contributed by atoms with Gasteiger partial charge >= 0.3 is 0 Å². The standard InChI is InChI=1S/C6H6FN5O/c7-3-1-12(11-8)5-4(3)6(13)10-2-9-5/h1-2,11H,8H2,(H,9,10,13). The maximum absolute atomic E-state index is 13.1. The first-order valence-electron chi connectivity index (χ1n) is 3.45. The molecule has 0 aliphatic rings. The van der Waals surface area contributed by atoms with Crippen molar-refractivity contribution in [2.24, 2.45) is 5.84 Å². The van der Waals surface area contributed by atoms with Crippen molar-refractivity contribution in [1.82, 2.24) is 14.6 Å². The topological polar surface area (TPSA) is 88.7 Å². The van der Waals surface area contributed by atoms with E-state index in [9.17, 15) is 9.18 Å². The minimum absolute atomic E-state index is 0.111. The summed E-state index contributed by atoms with van der Waals surface area (Å²) in [6.45, 7) is 0. The number of aromatic nitrogens is 3. The molecule has 0 aliphatic carbocycles. The number of nitrogens with two attached hydrogens (primary N) is 1. The van der Waals surface area contributed by atoms with Crippen LogP contribution in [0.3, 0.4) is 0 Å². The maximum atomic E-state index is 13.1. The molecule has 0 spiro atoms. The Labute approximate surface area is 71.1 Å². The molecule has 0 radical (unpaired) electrons. The van der Waals surface area contributed by atoms with E-state index in [2.05, 4.69) is 15.5 Å². The Morgan fingerprint density at radius 3 is 3.15 bits per heavy atom. The van der Waals surface area contributed by atoms with Gasteiger partial charge < -0.3 is 4.98 Å². The van der Waals surface area contributed by atoms with Gasteiger partial charge in [0.05, 0.1) is 12.5 Å². The maximum Gasteiger partial charge on any atom is 0.263 e. The van der Waals surface area contributed by atoms with Crippen molar-refractivity contribution in [1.29, 1.82) is 0 Å². The van der Waals surface area contributed by atoms with Gasteiger partial charge in [-0.15, -0.1) is 0 Å². The van der Waals surface area contributed by atoms with Crippen molar-refractivity contribution in [3.8, 4) is 0 Å². The molecule has 6 nitrogen and oxygen atoms in total. The molecular formula is C6H6FN5O. The van der Waals surface area contributed by atoms with Crippen LogP contribution in [-0.4, -0.2) is 14.6 Å². The van der Waals surface area contributed by atoms with Crippen molar-refractivity contribution in [2.75, 3.05) is 5.53 Å². The Morgan fingerprint density at radius 1 is 1.69 bits per heavy atom. The quantitative estimate of drug-likeness (QED) is 0.402. The largest absolute Gasteiger partial charge is 0.312 e. The molecule has 0 saturated heterocycles. The fraction of sp³-hybridized carbons (Fsp3) is 0. The number of hydrogen-bond donors (Lipinski definition) is 3. The van der Waals surface area contributed by atoms with Crippen molar-refractivity contribution in [3.05, 3.63) is 28.7 Å². The van der Waals surface area contributed by atoms with E-state index in [4.69, 9.17) is 5.84 Å². The highest BCUT2D eigenvalue weighted by molar-refractivity contribution is 5.75. The molecule has 0 unspecified atom stereocenters. The van der Waals surface area contributed by atoms with Crippen LogP contribution < -0.4 is 16.9 Å². The smallest absolute Gasteiger partial charge is 0.263 e. The summed E-state index contributed by atoms with van der Waals surface area (Å²) in [6, 6.07) is 0. The minimum Gasteiger partial charge on any atom is -0.312 e. The summed E-state index contributed by atoms with van der Waals surface area (Å²) in [5.41, 5.74) is 1.80. The summed E-state index contributed by atoms with van der Waals surface area (Å²) < 4.78 is 14.2. The van der Waals surface area contributed by atoms with E-state index >= 15 is 0 Å². The number of aromatic amines is 1. The summed E-state index contributed by atoms with van der Waals surface area (Å²) in [5, 5.41) is -0.111. The van der Waals surface area contributed by atoms with E-state index in [1.807, 2.05) is 0 Å². The number of H-pyrrole nitrogens is 1. The average Bonchev–Trinajstić information content (AvgIpc) is 2.44. The number of hydrazine groups is 1. The third-order valence-electron chi connectivity index (χ3n) is 1.68. The second-order valence-electron chi connectivity index (χ2n) is 2.41. The summed E-state index contributed by atoms with van der Waals surface area (Å²) in [5.74, 6) is 4.41. The van der Waals surface area contributed by atoms with Crippen LogP contribution in [0.1, 0.15) is 0 Å². The molecule has 4 N–H and O–H groups in total. The Morgan fingerprint density at radius 2 is 2.46 bits per heavy atom. The molecule has 0 fully saturated rings. The summed E-state index contributed by atoms with van der Waals surface area (Å²) in [7, 11) is 0. The predicted molar refractivity (Wildman–Crippen MR) is 43.9 cm³/mol. The van der Waals surface area contributed by atoms with E-state index < -0.39 is 11.4 Å². The number of rotatable bonds is 1. The fourth-order valence-electron chi connectivity index (χ4n) is 1.13. The molecule has 0 saturated carbocycles. The van der Waals surface area contributed by atoms with Gasteiger partial charge in [-0.05, 0) is 0 Å². The van der Waals surface area contributed by atoms with Gasteiger partial charge in [0.1, 0.15) is 5.39 Å². The molecule has 2 aromatic heterocycles. The molecule has 2 aromatic rings. The Kier molecular flexibility index (Phi) is 1.52. The molecule has 0 atom stereocenters. The van der Waals surface area contributed by atoms with Crippen LogP contribution in [0, 0.1) is 5.82 Å². The first kappa shape index (κ1) is 7.74. The number of fused-ring (bicyclic) bond motifs is 1. The molecule has 2 rings (SSSR count). The zero-order valence-corrected chi connectivity index (χ0v) is 6.41. The zero-order valence-electron chi connectivity index (χ0n) is 6.41. The molecule has 0 bridgehead atoms. The van der Waals surface area contributed by atoms with Crippen molar-refractivity contribution in [2.45, 2.75) is 0 Å². The number of nitrogens with one attached hydrogen (secondary N) is 2. The highest BCUT2D eigenvalue weighted by Gasteiger charge is 2.11. The molecule has 2 heterocycles. The van der Waals surface area contributed by atoms with E-state index in [0.717, 1.165) is 10.9 Å². The molecule has 0 aliphatic heterocycles. The summed E-state index contributed by atoms with van der Waals surface area (Å²) >= 11 is 0. The van der Waals surface area contributed by atoms with Gasteiger partial charge in [0, 0.05) is 0 Å². The first-order valence-corrected chi connectivity index (χ1v) is 3.45. The van der Waals surface area contributed by atoms with E-state index in [-0.39, 0.29) is 11.0 Å². The van der Waals surface area contributed by atoms with E-state index in [1.165, 1.54) is 6.33 Å². The van der Waals surface area contributed by atoms with Crippen LogP contribution in [-0.2, 0) is 0 Å². The summed E-state index contributed by atoms with van der Waals surface area (Å²) in [4.78, 5) is 17.1. The third-order valence-corrected chi connectivity index (χ3v) is 1.68. The summed E-state index contributed by atoms with van der Waals surface area (Å²) in [6.07, 6.45) is 2.23. The van der Waals surface area contributed by atoms with Gasteiger partial charge in [0.2, 0.25) is 0 Å².